The average molecular weight is 265 g/mol. The summed E-state index contributed by atoms with van der Waals surface area (Å²) in [6.07, 6.45) is 2.18. The fourth-order valence-corrected chi connectivity index (χ4v) is 2.29. The maximum atomic E-state index is 7.16. The van der Waals surface area contributed by atoms with E-state index in [9.17, 15) is 0 Å². The summed E-state index contributed by atoms with van der Waals surface area (Å²) < 4.78 is 2.15. The molecule has 2 heteroatoms. The molecule has 2 rings (SSSR count). The van der Waals surface area contributed by atoms with Crippen molar-refractivity contribution in [3.8, 4) is 11.3 Å². The first-order valence-corrected chi connectivity index (χ1v) is 6.81. The summed E-state index contributed by atoms with van der Waals surface area (Å²) in [6, 6.07) is 10.2. The van der Waals surface area contributed by atoms with Crippen LogP contribution in [0, 0.1) is 13.5 Å². The number of aryl methyl sites for hydroxylation is 2. The van der Waals surface area contributed by atoms with E-state index in [-0.39, 0.29) is 5.41 Å². The Hall–Kier alpha value is -2.14. The first kappa shape index (κ1) is 14.3. The summed E-state index contributed by atoms with van der Waals surface area (Å²) in [4.78, 5) is 3.53. The van der Waals surface area contributed by atoms with Crippen LogP contribution in [0.3, 0.4) is 0 Å². The Morgan fingerprint density at radius 2 is 1.80 bits per heavy atom. The normalized spacial score (nSPS) is 11.2. The second-order valence-corrected chi connectivity index (χ2v) is 6.27. The lowest BCUT2D eigenvalue weighted by molar-refractivity contribution is -0.661. The van der Waals surface area contributed by atoms with Gasteiger partial charge in [-0.05, 0) is 30.0 Å². The highest BCUT2D eigenvalue weighted by Gasteiger charge is 2.20. The van der Waals surface area contributed by atoms with E-state index in [1.165, 1.54) is 11.1 Å². The van der Waals surface area contributed by atoms with Crippen molar-refractivity contribution in [3.63, 3.8) is 0 Å². The third kappa shape index (κ3) is 2.72. The first-order valence-electron chi connectivity index (χ1n) is 6.81. The number of nitrogens with zero attached hydrogens (tertiary/aromatic N) is 2. The zero-order valence-corrected chi connectivity index (χ0v) is 12.9. The average Bonchev–Trinajstić information content (AvgIpc) is 2.38. The van der Waals surface area contributed by atoms with Gasteiger partial charge in [-0.2, -0.15) is 0 Å². The lowest BCUT2D eigenvalue weighted by Crippen LogP contribution is -2.33. The largest absolute Gasteiger partial charge is 0.238 e. The van der Waals surface area contributed by atoms with E-state index >= 15 is 0 Å². The van der Waals surface area contributed by atoms with Crippen LogP contribution in [0.25, 0.3) is 16.1 Å². The second kappa shape index (κ2) is 5.09. The Bertz CT molecular complexity index is 686. The molecule has 0 aliphatic carbocycles. The summed E-state index contributed by atoms with van der Waals surface area (Å²) in [5.74, 6) is 0. The number of hydrogen-bond acceptors (Lipinski definition) is 0. The summed E-state index contributed by atoms with van der Waals surface area (Å²) in [5.41, 5.74) is 5.59. The third-order valence-electron chi connectivity index (χ3n) is 3.63. The van der Waals surface area contributed by atoms with Crippen LogP contribution in [-0.2, 0) is 12.5 Å². The molecule has 1 heterocycles. The summed E-state index contributed by atoms with van der Waals surface area (Å²) in [6.45, 7) is 15.9. The fourth-order valence-electron chi connectivity index (χ4n) is 2.29. The molecule has 102 valence electrons. The monoisotopic (exact) mass is 265 g/mol. The Balaban J connectivity index is 2.57. The van der Waals surface area contributed by atoms with Gasteiger partial charge in [-0.25, -0.2) is 9.41 Å². The summed E-state index contributed by atoms with van der Waals surface area (Å²) in [7, 11) is 2.06. The highest BCUT2D eigenvalue weighted by molar-refractivity contribution is 5.67. The minimum Gasteiger partial charge on any atom is -0.238 e. The molecule has 0 N–H and O–H groups in total. The molecule has 0 bridgehead atoms. The molecule has 0 unspecified atom stereocenters. The Labute approximate surface area is 121 Å². The van der Waals surface area contributed by atoms with E-state index in [1.54, 1.807) is 0 Å². The lowest BCUT2D eigenvalue weighted by atomic mass is 9.88. The van der Waals surface area contributed by atoms with Gasteiger partial charge < -0.3 is 0 Å². The van der Waals surface area contributed by atoms with Gasteiger partial charge in [-0.3, -0.25) is 0 Å². The van der Waals surface area contributed by atoms with Crippen LogP contribution in [0.15, 0.2) is 36.5 Å². The molecule has 2 nitrogen and oxygen atoms in total. The van der Waals surface area contributed by atoms with E-state index in [4.69, 9.17) is 6.57 Å². The SMILES string of the molecule is [C-]#[N+]c1ccc(C)c(-c2ccc(C(C)(C)C)c[n+]2C)c1. The molecule has 0 amide bonds. The molecule has 0 saturated carbocycles. The molecule has 0 fully saturated rings. The van der Waals surface area contributed by atoms with Gasteiger partial charge in [-0.15, -0.1) is 0 Å². The van der Waals surface area contributed by atoms with Crippen LogP contribution < -0.4 is 4.57 Å². The number of aromatic nitrogens is 1. The van der Waals surface area contributed by atoms with Crippen molar-refractivity contribution >= 4 is 5.69 Å². The third-order valence-corrected chi connectivity index (χ3v) is 3.63. The molecule has 0 radical (unpaired) electrons. The number of benzene rings is 1. The molecule has 0 spiro atoms. The zero-order valence-electron chi connectivity index (χ0n) is 12.9. The molecule has 1 aromatic heterocycles. The predicted molar refractivity (Wildman–Crippen MR) is 82.8 cm³/mol. The smallest absolute Gasteiger partial charge is 0.211 e. The Morgan fingerprint density at radius 1 is 1.10 bits per heavy atom. The van der Waals surface area contributed by atoms with Crippen LogP contribution in [-0.4, -0.2) is 0 Å². The minimum atomic E-state index is 0.143. The molecule has 0 aliphatic heterocycles. The van der Waals surface area contributed by atoms with Gasteiger partial charge in [0.05, 0.1) is 6.57 Å². The van der Waals surface area contributed by atoms with E-state index in [1.807, 2.05) is 18.2 Å². The van der Waals surface area contributed by atoms with Gasteiger partial charge in [0.25, 0.3) is 0 Å². The Morgan fingerprint density at radius 3 is 2.35 bits per heavy atom. The maximum Gasteiger partial charge on any atom is 0.211 e. The van der Waals surface area contributed by atoms with E-state index < -0.39 is 0 Å². The zero-order chi connectivity index (χ0) is 14.9. The van der Waals surface area contributed by atoms with Gasteiger partial charge in [-0.1, -0.05) is 32.9 Å². The van der Waals surface area contributed by atoms with Gasteiger partial charge in [0.15, 0.2) is 11.9 Å². The second-order valence-electron chi connectivity index (χ2n) is 6.27. The van der Waals surface area contributed by atoms with Crippen molar-refractivity contribution < 1.29 is 4.57 Å². The van der Waals surface area contributed by atoms with Gasteiger partial charge in [0.1, 0.15) is 7.05 Å². The lowest BCUT2D eigenvalue weighted by Gasteiger charge is -2.17. The molecule has 0 aliphatic rings. The molecular formula is C18H21N2+. The van der Waals surface area contributed by atoms with Crippen LogP contribution in [0.2, 0.25) is 0 Å². The standard InChI is InChI=1S/C18H21N2/c1-13-7-9-15(19-5)11-16(13)17-10-8-14(12-20(17)6)18(2,3)4/h7-12H,1-4,6H3/q+1. The maximum absolute atomic E-state index is 7.16. The molecular weight excluding hydrogens is 244 g/mol. The summed E-state index contributed by atoms with van der Waals surface area (Å²) in [5, 5.41) is 0. The molecule has 20 heavy (non-hydrogen) atoms. The van der Waals surface area contributed by atoms with Crippen molar-refractivity contribution in [2.24, 2.45) is 7.05 Å². The van der Waals surface area contributed by atoms with E-state index in [2.05, 4.69) is 62.5 Å². The molecule has 2 aromatic rings. The van der Waals surface area contributed by atoms with Crippen LogP contribution in [0.1, 0.15) is 31.9 Å². The van der Waals surface area contributed by atoms with Crippen molar-refractivity contribution in [2.45, 2.75) is 33.1 Å². The molecule has 0 atom stereocenters. The van der Waals surface area contributed by atoms with Crippen molar-refractivity contribution in [1.82, 2.24) is 0 Å². The highest BCUT2D eigenvalue weighted by atomic mass is 14.9. The number of rotatable bonds is 1. The van der Waals surface area contributed by atoms with Crippen molar-refractivity contribution in [3.05, 3.63) is 59.1 Å². The van der Waals surface area contributed by atoms with Gasteiger partial charge in [0.2, 0.25) is 5.69 Å². The predicted octanol–water partition coefficient (Wildman–Crippen LogP) is 4.33. The topological polar surface area (TPSA) is 8.24 Å². The molecule has 1 aromatic carbocycles. The number of hydrogen-bond donors (Lipinski definition) is 0. The van der Waals surface area contributed by atoms with Crippen LogP contribution >= 0.6 is 0 Å². The quantitative estimate of drug-likeness (QED) is 0.535. The van der Waals surface area contributed by atoms with Gasteiger partial charge >= 0.3 is 0 Å². The minimum absolute atomic E-state index is 0.143. The summed E-state index contributed by atoms with van der Waals surface area (Å²) >= 11 is 0. The number of pyridine rings is 1. The fraction of sp³-hybridized carbons (Fsp3) is 0.333. The van der Waals surface area contributed by atoms with Crippen LogP contribution in [0.5, 0.6) is 0 Å². The highest BCUT2D eigenvalue weighted by Crippen LogP contribution is 2.27. The van der Waals surface area contributed by atoms with Crippen LogP contribution in [0.4, 0.5) is 5.69 Å². The first-order chi connectivity index (χ1) is 9.32. The van der Waals surface area contributed by atoms with Gasteiger partial charge in [0, 0.05) is 17.2 Å². The molecule has 0 saturated heterocycles. The Kier molecular flexibility index (Phi) is 3.63. The van der Waals surface area contributed by atoms with Crippen molar-refractivity contribution in [1.29, 1.82) is 0 Å². The van der Waals surface area contributed by atoms with Crippen molar-refractivity contribution in [2.75, 3.05) is 0 Å². The van der Waals surface area contributed by atoms with E-state index in [0.29, 0.717) is 5.69 Å². The van der Waals surface area contributed by atoms with E-state index in [0.717, 1.165) is 11.3 Å².